The number of aromatic nitrogens is 7. The molecule has 1 amide bonds. The summed E-state index contributed by atoms with van der Waals surface area (Å²) in [7, 11) is 1.89. The molecule has 0 aliphatic carbocycles. The number of aryl methyl sites for hydroxylation is 4. The van der Waals surface area contributed by atoms with Crippen LogP contribution in [0.2, 0.25) is 0 Å². The normalized spacial score (nSPS) is 11.3. The van der Waals surface area contributed by atoms with E-state index >= 15 is 0 Å². The van der Waals surface area contributed by atoms with Crippen molar-refractivity contribution in [1.82, 2.24) is 39.5 Å². The van der Waals surface area contributed by atoms with E-state index in [4.69, 9.17) is 0 Å². The third-order valence-electron chi connectivity index (χ3n) is 5.04. The minimum atomic E-state index is -0.210. The molecule has 1 N–H and O–H groups in total. The third kappa shape index (κ3) is 3.63. The van der Waals surface area contributed by atoms with Crippen molar-refractivity contribution in [2.45, 2.75) is 33.7 Å². The number of rotatable bonds is 6. The first-order valence-electron chi connectivity index (χ1n) is 9.57. The van der Waals surface area contributed by atoms with E-state index in [0.717, 1.165) is 41.3 Å². The molecule has 9 nitrogen and oxygen atoms in total. The predicted octanol–water partition coefficient (Wildman–Crippen LogP) is 2.07. The van der Waals surface area contributed by atoms with Crippen LogP contribution in [0, 0.1) is 20.8 Å². The fourth-order valence-electron chi connectivity index (χ4n) is 3.38. The first kappa shape index (κ1) is 18.9. The predicted molar refractivity (Wildman–Crippen MR) is 109 cm³/mol. The average molecular weight is 392 g/mol. The minimum Gasteiger partial charge on any atom is -0.351 e. The number of nitrogens with zero attached hydrogens (tertiary/aromatic N) is 7. The van der Waals surface area contributed by atoms with Gasteiger partial charge in [-0.25, -0.2) is 9.50 Å². The van der Waals surface area contributed by atoms with Crippen molar-refractivity contribution < 1.29 is 4.79 Å². The standard InChI is InChI=1S/C20H24N8O/c1-13-10-14(2)27(24-13)9-5-7-22-20(29)17-11-19-21-8-6-18(28(19)25-17)16-12-23-26(4)15(16)3/h6,8,10-12H,5,7,9H2,1-4H3,(H,22,29). The minimum absolute atomic E-state index is 0.210. The number of amides is 1. The highest BCUT2D eigenvalue weighted by Crippen LogP contribution is 2.23. The third-order valence-corrected chi connectivity index (χ3v) is 5.04. The van der Waals surface area contributed by atoms with Crippen LogP contribution in [-0.4, -0.2) is 46.6 Å². The summed E-state index contributed by atoms with van der Waals surface area (Å²) in [6.07, 6.45) is 4.30. The van der Waals surface area contributed by atoms with Gasteiger partial charge in [0.2, 0.25) is 0 Å². The van der Waals surface area contributed by atoms with Gasteiger partial charge in [-0.05, 0) is 39.3 Å². The Kier molecular flexibility index (Phi) is 4.87. The molecular weight excluding hydrogens is 368 g/mol. The molecule has 4 rings (SSSR count). The molecule has 0 atom stereocenters. The van der Waals surface area contributed by atoms with Gasteiger partial charge in [0.15, 0.2) is 11.3 Å². The van der Waals surface area contributed by atoms with Crippen LogP contribution in [-0.2, 0) is 13.6 Å². The smallest absolute Gasteiger partial charge is 0.271 e. The molecule has 4 heterocycles. The molecule has 0 spiro atoms. The Balaban J connectivity index is 1.46. The molecule has 4 aromatic heterocycles. The maximum atomic E-state index is 12.6. The lowest BCUT2D eigenvalue weighted by Gasteiger charge is -2.05. The topological polar surface area (TPSA) is 94.9 Å². The highest BCUT2D eigenvalue weighted by Gasteiger charge is 2.16. The highest BCUT2D eigenvalue weighted by molar-refractivity contribution is 5.93. The molecule has 0 saturated carbocycles. The molecule has 9 heteroatoms. The summed E-state index contributed by atoms with van der Waals surface area (Å²) in [5.41, 5.74) is 5.92. The lowest BCUT2D eigenvalue weighted by Crippen LogP contribution is -2.26. The second kappa shape index (κ2) is 7.50. The van der Waals surface area contributed by atoms with E-state index in [1.54, 1.807) is 23.0 Å². The van der Waals surface area contributed by atoms with Gasteiger partial charge in [0.1, 0.15) is 0 Å². The molecule has 0 saturated heterocycles. The first-order chi connectivity index (χ1) is 13.9. The zero-order valence-electron chi connectivity index (χ0n) is 17.0. The van der Waals surface area contributed by atoms with E-state index < -0.39 is 0 Å². The summed E-state index contributed by atoms with van der Waals surface area (Å²) < 4.78 is 5.45. The Labute approximate surface area is 168 Å². The number of hydrogen-bond acceptors (Lipinski definition) is 5. The van der Waals surface area contributed by atoms with E-state index in [1.807, 2.05) is 49.3 Å². The van der Waals surface area contributed by atoms with Crippen LogP contribution in [0.3, 0.4) is 0 Å². The largest absolute Gasteiger partial charge is 0.351 e. The van der Waals surface area contributed by atoms with Crippen LogP contribution in [0.4, 0.5) is 0 Å². The van der Waals surface area contributed by atoms with Gasteiger partial charge in [0.05, 0.1) is 17.6 Å². The lowest BCUT2D eigenvalue weighted by atomic mass is 10.2. The summed E-state index contributed by atoms with van der Waals surface area (Å²) in [6, 6.07) is 5.62. The Hall–Kier alpha value is -3.49. The summed E-state index contributed by atoms with van der Waals surface area (Å²) in [5.74, 6) is -0.210. The van der Waals surface area contributed by atoms with Crippen molar-refractivity contribution in [2.75, 3.05) is 6.54 Å². The van der Waals surface area contributed by atoms with Gasteiger partial charge in [0.25, 0.3) is 5.91 Å². The van der Waals surface area contributed by atoms with E-state index in [2.05, 4.69) is 25.6 Å². The Morgan fingerprint density at radius 1 is 1.17 bits per heavy atom. The van der Waals surface area contributed by atoms with Crippen LogP contribution in [0.5, 0.6) is 0 Å². The molecule has 0 aliphatic heterocycles. The quantitative estimate of drug-likeness (QED) is 0.507. The van der Waals surface area contributed by atoms with Gasteiger partial charge >= 0.3 is 0 Å². The van der Waals surface area contributed by atoms with E-state index in [0.29, 0.717) is 17.9 Å². The van der Waals surface area contributed by atoms with E-state index in [9.17, 15) is 4.79 Å². The Morgan fingerprint density at radius 2 is 2.00 bits per heavy atom. The van der Waals surface area contributed by atoms with Gasteiger partial charge < -0.3 is 5.32 Å². The van der Waals surface area contributed by atoms with Crippen LogP contribution in [0.25, 0.3) is 16.9 Å². The van der Waals surface area contributed by atoms with Crippen molar-refractivity contribution in [3.63, 3.8) is 0 Å². The first-order valence-corrected chi connectivity index (χ1v) is 9.57. The second-order valence-electron chi connectivity index (χ2n) is 7.16. The van der Waals surface area contributed by atoms with E-state index in [-0.39, 0.29) is 5.91 Å². The molecular formula is C20H24N8O. The zero-order chi connectivity index (χ0) is 20.5. The SMILES string of the molecule is Cc1cc(C)n(CCCNC(=O)c2cc3nccc(-c4cnn(C)c4C)n3n2)n1. The molecule has 4 aromatic rings. The van der Waals surface area contributed by atoms with Crippen LogP contribution in [0.15, 0.2) is 30.6 Å². The molecule has 0 aliphatic rings. The van der Waals surface area contributed by atoms with Crippen LogP contribution >= 0.6 is 0 Å². The maximum Gasteiger partial charge on any atom is 0.271 e. The number of hydrogen-bond donors (Lipinski definition) is 1. The van der Waals surface area contributed by atoms with Gasteiger partial charge in [0, 0.05) is 49.4 Å². The Bertz CT molecular complexity index is 1180. The molecule has 29 heavy (non-hydrogen) atoms. The van der Waals surface area contributed by atoms with Gasteiger partial charge in [-0.2, -0.15) is 15.3 Å². The van der Waals surface area contributed by atoms with Gasteiger partial charge in [-0.1, -0.05) is 0 Å². The van der Waals surface area contributed by atoms with Crippen molar-refractivity contribution >= 4 is 11.6 Å². The van der Waals surface area contributed by atoms with Crippen LogP contribution in [0.1, 0.15) is 34.0 Å². The van der Waals surface area contributed by atoms with Gasteiger partial charge in [-0.3, -0.25) is 14.2 Å². The summed E-state index contributed by atoms with van der Waals surface area (Å²) in [4.78, 5) is 16.9. The van der Waals surface area contributed by atoms with Crippen LogP contribution < -0.4 is 5.32 Å². The number of carbonyl (C=O) groups excluding carboxylic acids is 1. The number of nitrogens with one attached hydrogen (secondary N) is 1. The van der Waals surface area contributed by atoms with Crippen molar-refractivity contribution in [3.05, 3.63) is 53.4 Å². The second-order valence-corrected chi connectivity index (χ2v) is 7.16. The molecule has 0 aromatic carbocycles. The number of fused-ring (bicyclic) bond motifs is 1. The van der Waals surface area contributed by atoms with E-state index in [1.165, 1.54) is 0 Å². The van der Waals surface area contributed by atoms with Gasteiger partial charge in [-0.15, -0.1) is 0 Å². The van der Waals surface area contributed by atoms with Crippen molar-refractivity contribution in [2.24, 2.45) is 7.05 Å². The average Bonchev–Trinajstić information content (AvgIpc) is 3.36. The van der Waals surface area contributed by atoms with Crippen molar-refractivity contribution in [1.29, 1.82) is 0 Å². The maximum absolute atomic E-state index is 12.6. The fraction of sp³-hybridized carbons (Fsp3) is 0.350. The molecule has 0 radical (unpaired) electrons. The summed E-state index contributed by atoms with van der Waals surface area (Å²) in [6.45, 7) is 7.31. The monoisotopic (exact) mass is 392 g/mol. The highest BCUT2D eigenvalue weighted by atomic mass is 16.1. The Morgan fingerprint density at radius 3 is 2.69 bits per heavy atom. The number of carbonyl (C=O) groups is 1. The molecule has 0 fully saturated rings. The summed E-state index contributed by atoms with van der Waals surface area (Å²) >= 11 is 0. The molecule has 150 valence electrons. The zero-order valence-corrected chi connectivity index (χ0v) is 17.0. The lowest BCUT2D eigenvalue weighted by molar-refractivity contribution is 0.0947. The fourth-order valence-corrected chi connectivity index (χ4v) is 3.38. The molecule has 0 bridgehead atoms. The van der Waals surface area contributed by atoms with Crippen molar-refractivity contribution in [3.8, 4) is 11.3 Å². The molecule has 0 unspecified atom stereocenters. The summed E-state index contributed by atoms with van der Waals surface area (Å²) in [5, 5.41) is 16.1.